The molecule has 2 heteroatoms. The van der Waals surface area contributed by atoms with Crippen LogP contribution in [-0.4, -0.2) is 9.55 Å². The van der Waals surface area contributed by atoms with E-state index < -0.39 is 0 Å². The van der Waals surface area contributed by atoms with Gasteiger partial charge in [0.05, 0.1) is 5.69 Å². The molecular weight excluding hydrogens is 376 g/mol. The predicted octanol–water partition coefficient (Wildman–Crippen LogP) is 7.16. The third-order valence-corrected chi connectivity index (χ3v) is 6.74. The lowest BCUT2D eigenvalue weighted by atomic mass is 9.78. The molecule has 31 heavy (non-hydrogen) atoms. The number of fused-ring (bicyclic) bond motifs is 7. The molecule has 0 fully saturated rings. The second kappa shape index (κ2) is 6.29. The first-order valence-corrected chi connectivity index (χ1v) is 10.9. The number of para-hydroxylation sites is 1. The summed E-state index contributed by atoms with van der Waals surface area (Å²) in [6.45, 7) is 0. The van der Waals surface area contributed by atoms with Crippen molar-refractivity contribution in [1.29, 1.82) is 0 Å². The van der Waals surface area contributed by atoms with Gasteiger partial charge in [0.15, 0.2) is 0 Å². The molecule has 0 saturated heterocycles. The van der Waals surface area contributed by atoms with E-state index in [1.54, 1.807) is 0 Å². The van der Waals surface area contributed by atoms with Gasteiger partial charge in [0, 0.05) is 17.3 Å². The molecule has 0 amide bonds. The van der Waals surface area contributed by atoms with E-state index >= 15 is 0 Å². The van der Waals surface area contributed by atoms with Gasteiger partial charge in [0.2, 0.25) is 0 Å². The fourth-order valence-electron chi connectivity index (χ4n) is 5.27. The number of nitrogens with zero attached hydrogens (tertiary/aromatic N) is 2. The normalized spacial score (nSPS) is 13.7. The van der Waals surface area contributed by atoms with Crippen molar-refractivity contribution in [3.05, 3.63) is 108 Å². The number of pyridine rings is 1. The van der Waals surface area contributed by atoms with Gasteiger partial charge in [-0.05, 0) is 88.2 Å². The van der Waals surface area contributed by atoms with Crippen molar-refractivity contribution in [2.24, 2.45) is 0 Å². The summed E-state index contributed by atoms with van der Waals surface area (Å²) in [7, 11) is 0. The molecule has 0 saturated carbocycles. The van der Waals surface area contributed by atoms with Crippen LogP contribution in [0.1, 0.15) is 23.2 Å². The summed E-state index contributed by atoms with van der Waals surface area (Å²) >= 11 is 0. The predicted molar refractivity (Wildman–Crippen MR) is 128 cm³/mol. The molecule has 0 atom stereocenters. The number of allylic oxidation sites excluding steroid dienone is 1. The molecule has 2 heterocycles. The lowest BCUT2D eigenvalue weighted by Crippen LogP contribution is -2.04. The molecule has 0 unspecified atom stereocenters. The average Bonchev–Trinajstić information content (AvgIpc) is 3.16. The minimum absolute atomic E-state index is 1.04. The number of aryl methyl sites for hydroxylation is 1. The van der Waals surface area contributed by atoms with E-state index in [0.29, 0.717) is 0 Å². The summed E-state index contributed by atoms with van der Waals surface area (Å²) in [5, 5.41) is 1.27. The minimum Gasteiger partial charge on any atom is -0.294 e. The molecule has 0 aliphatic heterocycles. The number of hydrogen-bond donors (Lipinski definition) is 0. The molecule has 2 aromatic heterocycles. The van der Waals surface area contributed by atoms with Crippen LogP contribution in [0.3, 0.4) is 0 Å². The van der Waals surface area contributed by atoms with Crippen LogP contribution in [0.15, 0.2) is 91.1 Å². The highest BCUT2D eigenvalue weighted by atomic mass is 15.1. The maximum Gasteiger partial charge on any atom is 0.145 e. The van der Waals surface area contributed by atoms with Crippen LogP contribution in [0.5, 0.6) is 0 Å². The third kappa shape index (κ3) is 2.36. The molecular formula is C29H20N2. The molecule has 5 aromatic rings. The first-order chi connectivity index (χ1) is 15.4. The number of hydrogen-bond acceptors (Lipinski definition) is 1. The first-order valence-electron chi connectivity index (χ1n) is 10.9. The molecule has 146 valence electrons. The van der Waals surface area contributed by atoms with Crippen molar-refractivity contribution in [3.8, 4) is 27.9 Å². The molecule has 2 aliphatic carbocycles. The maximum absolute atomic E-state index is 4.75. The Labute approximate surface area is 181 Å². The van der Waals surface area contributed by atoms with Crippen molar-refractivity contribution in [2.45, 2.75) is 12.8 Å². The highest BCUT2D eigenvalue weighted by molar-refractivity contribution is 6.04. The molecule has 0 N–H and O–H groups in total. The monoisotopic (exact) mass is 396 g/mol. The first kappa shape index (κ1) is 16.8. The van der Waals surface area contributed by atoms with Gasteiger partial charge < -0.3 is 0 Å². The van der Waals surface area contributed by atoms with E-state index in [-0.39, 0.29) is 0 Å². The summed E-state index contributed by atoms with van der Waals surface area (Å²) in [6.07, 6.45) is 6.37. The van der Waals surface area contributed by atoms with Crippen molar-refractivity contribution in [3.63, 3.8) is 0 Å². The molecule has 0 bridgehead atoms. The van der Waals surface area contributed by atoms with Gasteiger partial charge in [-0.15, -0.1) is 0 Å². The quantitative estimate of drug-likeness (QED) is 0.304. The van der Waals surface area contributed by atoms with Crippen LogP contribution in [0.4, 0.5) is 0 Å². The van der Waals surface area contributed by atoms with E-state index in [0.717, 1.165) is 24.2 Å². The Morgan fingerprint density at radius 1 is 0.677 bits per heavy atom. The van der Waals surface area contributed by atoms with Gasteiger partial charge in [0.25, 0.3) is 0 Å². The third-order valence-electron chi connectivity index (χ3n) is 6.74. The standard InChI is InChI=1S/C29H20N2/c1-2-7-21(8-3-1)31-28-18-20(13-15-25(28)26-11-6-16-30-29(26)31)19-12-14-24-22-9-4-5-10-23(22)27(24)17-19/h1-12,14,16-18H,13,15H2. The lowest BCUT2D eigenvalue weighted by Gasteiger charge is -2.25. The van der Waals surface area contributed by atoms with Crippen molar-refractivity contribution in [1.82, 2.24) is 9.55 Å². The Morgan fingerprint density at radius 2 is 1.45 bits per heavy atom. The number of rotatable bonds is 2. The largest absolute Gasteiger partial charge is 0.294 e. The highest BCUT2D eigenvalue weighted by Crippen LogP contribution is 2.48. The van der Waals surface area contributed by atoms with E-state index in [1.165, 1.54) is 50.0 Å². The zero-order valence-electron chi connectivity index (χ0n) is 17.0. The Morgan fingerprint density at radius 3 is 2.32 bits per heavy atom. The lowest BCUT2D eigenvalue weighted by molar-refractivity contribution is 0.977. The highest BCUT2D eigenvalue weighted by Gasteiger charge is 2.25. The summed E-state index contributed by atoms with van der Waals surface area (Å²) in [6, 6.07) is 30.5. The second-order valence-corrected chi connectivity index (χ2v) is 8.38. The van der Waals surface area contributed by atoms with Gasteiger partial charge in [0.1, 0.15) is 5.65 Å². The van der Waals surface area contributed by atoms with Crippen LogP contribution < -0.4 is 0 Å². The van der Waals surface area contributed by atoms with Crippen molar-refractivity contribution >= 4 is 22.7 Å². The smallest absolute Gasteiger partial charge is 0.145 e. The van der Waals surface area contributed by atoms with Crippen molar-refractivity contribution < 1.29 is 0 Å². The summed E-state index contributed by atoms with van der Waals surface area (Å²) in [4.78, 5) is 4.75. The van der Waals surface area contributed by atoms with E-state index in [1.807, 2.05) is 12.3 Å². The maximum atomic E-state index is 4.75. The fourth-order valence-corrected chi connectivity index (χ4v) is 5.27. The summed E-state index contributed by atoms with van der Waals surface area (Å²) < 4.78 is 2.32. The van der Waals surface area contributed by atoms with Crippen LogP contribution >= 0.6 is 0 Å². The van der Waals surface area contributed by atoms with Gasteiger partial charge >= 0.3 is 0 Å². The van der Waals surface area contributed by atoms with Crippen LogP contribution in [0.25, 0.3) is 50.6 Å². The Kier molecular flexibility index (Phi) is 3.42. The number of benzene rings is 3. The Bertz CT molecular complexity index is 1520. The topological polar surface area (TPSA) is 17.8 Å². The fraction of sp³-hybridized carbons (Fsp3) is 0.0690. The summed E-state index contributed by atoms with van der Waals surface area (Å²) in [5.41, 5.74) is 13.1. The molecule has 2 aliphatic rings. The number of aromatic nitrogens is 2. The van der Waals surface area contributed by atoms with Crippen molar-refractivity contribution in [2.75, 3.05) is 0 Å². The minimum atomic E-state index is 1.04. The SMILES string of the molecule is C1=C(c2ccc3c(c2)-c2ccccc2-3)CCc2c1n(-c1ccccc1)c1ncccc21. The zero-order chi connectivity index (χ0) is 20.4. The molecule has 3 aromatic carbocycles. The second-order valence-electron chi connectivity index (χ2n) is 8.38. The molecule has 2 nitrogen and oxygen atoms in total. The molecule has 0 spiro atoms. The summed E-state index contributed by atoms with van der Waals surface area (Å²) in [5.74, 6) is 0. The molecule has 7 rings (SSSR count). The van der Waals surface area contributed by atoms with E-state index in [2.05, 4.69) is 89.5 Å². The van der Waals surface area contributed by atoms with Gasteiger partial charge in [-0.3, -0.25) is 4.57 Å². The van der Waals surface area contributed by atoms with E-state index in [4.69, 9.17) is 4.98 Å². The Hall–Kier alpha value is -3.91. The zero-order valence-corrected chi connectivity index (χ0v) is 17.0. The molecule has 0 radical (unpaired) electrons. The average molecular weight is 396 g/mol. The van der Waals surface area contributed by atoms with Crippen LogP contribution in [0, 0.1) is 0 Å². The van der Waals surface area contributed by atoms with Gasteiger partial charge in [-0.25, -0.2) is 4.98 Å². The van der Waals surface area contributed by atoms with Gasteiger partial charge in [-0.2, -0.15) is 0 Å². The van der Waals surface area contributed by atoms with Crippen LogP contribution in [0.2, 0.25) is 0 Å². The Balaban J connectivity index is 1.41. The van der Waals surface area contributed by atoms with Crippen LogP contribution in [-0.2, 0) is 6.42 Å². The van der Waals surface area contributed by atoms with Gasteiger partial charge in [-0.1, -0.05) is 54.6 Å². The van der Waals surface area contributed by atoms with E-state index in [9.17, 15) is 0 Å².